The fraction of sp³-hybridized carbons (Fsp3) is 0.160. The van der Waals surface area contributed by atoms with Gasteiger partial charge < -0.3 is 4.98 Å². The van der Waals surface area contributed by atoms with Crippen molar-refractivity contribution >= 4 is 45.7 Å². The van der Waals surface area contributed by atoms with E-state index in [2.05, 4.69) is 4.98 Å². The van der Waals surface area contributed by atoms with Gasteiger partial charge in [-0.15, -0.1) is 0 Å². The number of aryl methyl sites for hydroxylation is 1. The fourth-order valence-corrected chi connectivity index (χ4v) is 4.54. The standard InChI is InChI=1S/C25H19Cl2N3O2/c1-30-22-11-16(7-9-20(22)29-25(30)32)24-18-13-17(26)8-6-14(18)12-23(31)21(28-24)10-15-4-2-3-5-19(15)27/h2-9,11,13,21H,10,12H2,1H3,(H,29,32). The van der Waals surface area contributed by atoms with Gasteiger partial charge in [-0.05, 0) is 41.5 Å². The van der Waals surface area contributed by atoms with E-state index in [4.69, 9.17) is 28.2 Å². The molecule has 1 unspecified atom stereocenters. The maximum atomic E-state index is 13.2. The number of carbonyl (C=O) groups is 1. The number of imidazole rings is 1. The first-order valence-corrected chi connectivity index (χ1v) is 11.0. The third kappa shape index (κ3) is 3.68. The van der Waals surface area contributed by atoms with Crippen LogP contribution in [-0.4, -0.2) is 27.1 Å². The molecule has 5 rings (SSSR count). The summed E-state index contributed by atoms with van der Waals surface area (Å²) in [7, 11) is 1.72. The molecule has 0 bridgehead atoms. The number of aliphatic imine (C=N–C) groups is 1. The van der Waals surface area contributed by atoms with E-state index < -0.39 is 6.04 Å². The maximum absolute atomic E-state index is 13.2. The van der Waals surface area contributed by atoms with Crippen molar-refractivity contribution in [3.63, 3.8) is 0 Å². The summed E-state index contributed by atoms with van der Waals surface area (Å²) in [6.45, 7) is 0. The van der Waals surface area contributed by atoms with Crippen LogP contribution < -0.4 is 5.69 Å². The van der Waals surface area contributed by atoms with Gasteiger partial charge in [0, 0.05) is 41.1 Å². The van der Waals surface area contributed by atoms with Crippen molar-refractivity contribution in [1.29, 1.82) is 0 Å². The lowest BCUT2D eigenvalue weighted by atomic mass is 9.95. The van der Waals surface area contributed by atoms with E-state index in [0.717, 1.165) is 33.3 Å². The molecule has 0 radical (unpaired) electrons. The molecule has 3 aromatic carbocycles. The minimum Gasteiger partial charge on any atom is -0.306 e. The molecular weight excluding hydrogens is 445 g/mol. The topological polar surface area (TPSA) is 67.2 Å². The molecule has 0 spiro atoms. The van der Waals surface area contributed by atoms with Gasteiger partial charge in [-0.3, -0.25) is 14.4 Å². The van der Waals surface area contributed by atoms with Gasteiger partial charge in [-0.2, -0.15) is 0 Å². The average molecular weight is 464 g/mol. The molecule has 0 saturated carbocycles. The van der Waals surface area contributed by atoms with Gasteiger partial charge in [0.25, 0.3) is 0 Å². The van der Waals surface area contributed by atoms with E-state index in [1.807, 2.05) is 54.6 Å². The number of benzene rings is 3. The van der Waals surface area contributed by atoms with E-state index in [-0.39, 0.29) is 17.9 Å². The molecular formula is C25H19Cl2N3O2. The monoisotopic (exact) mass is 463 g/mol. The molecule has 1 aliphatic rings. The number of ketones is 1. The van der Waals surface area contributed by atoms with Gasteiger partial charge in [0.2, 0.25) is 0 Å². The average Bonchev–Trinajstić information content (AvgIpc) is 2.98. The van der Waals surface area contributed by atoms with E-state index in [1.165, 1.54) is 0 Å². The van der Waals surface area contributed by atoms with Crippen molar-refractivity contribution in [3.05, 3.63) is 103 Å². The molecule has 2 heterocycles. The zero-order chi connectivity index (χ0) is 22.4. The van der Waals surface area contributed by atoms with Crippen LogP contribution in [0.4, 0.5) is 0 Å². The molecule has 0 saturated heterocycles. The molecule has 0 fully saturated rings. The molecule has 1 atom stereocenters. The summed E-state index contributed by atoms with van der Waals surface area (Å²) in [4.78, 5) is 33.0. The third-order valence-corrected chi connectivity index (χ3v) is 6.50. The first-order chi connectivity index (χ1) is 15.4. The largest absolute Gasteiger partial charge is 0.326 e. The highest BCUT2D eigenvalue weighted by atomic mass is 35.5. The number of carbonyl (C=O) groups excluding carboxylic acids is 1. The lowest BCUT2D eigenvalue weighted by Gasteiger charge is -2.13. The Balaban J connectivity index is 1.69. The zero-order valence-corrected chi connectivity index (χ0v) is 18.7. The van der Waals surface area contributed by atoms with E-state index in [9.17, 15) is 9.59 Å². The number of Topliss-reactive ketones (excluding diaryl/α,β-unsaturated/α-hetero) is 1. The highest BCUT2D eigenvalue weighted by molar-refractivity contribution is 6.32. The molecule has 160 valence electrons. The Morgan fingerprint density at radius 3 is 2.69 bits per heavy atom. The normalized spacial score (nSPS) is 16.0. The Hall–Kier alpha value is -3.15. The number of aromatic nitrogens is 2. The summed E-state index contributed by atoms with van der Waals surface area (Å²) >= 11 is 12.7. The van der Waals surface area contributed by atoms with Crippen molar-refractivity contribution in [2.24, 2.45) is 12.0 Å². The van der Waals surface area contributed by atoms with Gasteiger partial charge in [0.15, 0.2) is 5.78 Å². The second-order valence-corrected chi connectivity index (χ2v) is 8.80. The number of hydrogen-bond acceptors (Lipinski definition) is 3. The third-order valence-electron chi connectivity index (χ3n) is 5.90. The van der Waals surface area contributed by atoms with Crippen molar-refractivity contribution in [1.82, 2.24) is 9.55 Å². The van der Waals surface area contributed by atoms with Crippen LogP contribution in [0.2, 0.25) is 10.0 Å². The molecule has 0 amide bonds. The van der Waals surface area contributed by atoms with Crippen LogP contribution >= 0.6 is 23.2 Å². The zero-order valence-electron chi connectivity index (χ0n) is 17.2. The van der Waals surface area contributed by atoms with Crippen LogP contribution in [-0.2, 0) is 24.7 Å². The quantitative estimate of drug-likeness (QED) is 0.476. The van der Waals surface area contributed by atoms with Crippen molar-refractivity contribution in [3.8, 4) is 0 Å². The Bertz CT molecular complexity index is 1470. The first-order valence-electron chi connectivity index (χ1n) is 10.2. The molecule has 32 heavy (non-hydrogen) atoms. The van der Waals surface area contributed by atoms with Crippen molar-refractivity contribution in [2.75, 3.05) is 0 Å². The van der Waals surface area contributed by atoms with Crippen molar-refractivity contribution < 1.29 is 4.79 Å². The minimum absolute atomic E-state index is 0.0265. The Labute approximate surface area is 194 Å². The summed E-state index contributed by atoms with van der Waals surface area (Å²) < 4.78 is 1.56. The SMILES string of the molecule is Cn1c(=O)[nH]c2ccc(C3=NC(Cc4ccccc4Cl)C(=O)Cc4ccc(Cl)cc43)cc21. The number of rotatable bonds is 3. The number of nitrogens with one attached hydrogen (secondary N) is 1. The van der Waals surface area contributed by atoms with Crippen molar-refractivity contribution in [2.45, 2.75) is 18.9 Å². The maximum Gasteiger partial charge on any atom is 0.326 e. The van der Waals surface area contributed by atoms with Crippen LogP contribution in [0.15, 0.2) is 70.5 Å². The van der Waals surface area contributed by atoms with Crippen LogP contribution in [0.3, 0.4) is 0 Å². The first kappa shape index (κ1) is 20.7. The van der Waals surface area contributed by atoms with E-state index in [0.29, 0.717) is 22.2 Å². The van der Waals surface area contributed by atoms with Gasteiger partial charge >= 0.3 is 5.69 Å². The van der Waals surface area contributed by atoms with Gasteiger partial charge in [-0.1, -0.05) is 53.5 Å². The fourth-order valence-electron chi connectivity index (χ4n) is 4.16. The minimum atomic E-state index is -0.582. The number of hydrogen-bond donors (Lipinski definition) is 1. The molecule has 1 N–H and O–H groups in total. The van der Waals surface area contributed by atoms with Crippen LogP contribution in [0, 0.1) is 0 Å². The van der Waals surface area contributed by atoms with E-state index >= 15 is 0 Å². The summed E-state index contributed by atoms with van der Waals surface area (Å²) in [5.41, 5.74) is 5.39. The Morgan fingerprint density at radius 1 is 1.06 bits per heavy atom. The molecule has 1 aliphatic heterocycles. The lowest BCUT2D eigenvalue weighted by molar-refractivity contribution is -0.119. The van der Waals surface area contributed by atoms with Crippen LogP contribution in [0.5, 0.6) is 0 Å². The lowest BCUT2D eigenvalue weighted by Crippen LogP contribution is -2.23. The number of H-pyrrole nitrogens is 1. The molecule has 1 aromatic heterocycles. The molecule has 7 heteroatoms. The summed E-state index contributed by atoms with van der Waals surface area (Å²) in [6, 6.07) is 18.1. The Kier molecular flexibility index (Phi) is 5.24. The number of aromatic amines is 1. The second kappa shape index (κ2) is 8.08. The summed E-state index contributed by atoms with van der Waals surface area (Å²) in [5.74, 6) is 0.0265. The van der Waals surface area contributed by atoms with Gasteiger partial charge in [0.1, 0.15) is 6.04 Å². The highest BCUT2D eigenvalue weighted by Gasteiger charge is 2.27. The van der Waals surface area contributed by atoms with E-state index in [1.54, 1.807) is 17.7 Å². The summed E-state index contributed by atoms with van der Waals surface area (Å²) in [6.07, 6.45) is 0.675. The highest BCUT2D eigenvalue weighted by Crippen LogP contribution is 2.28. The van der Waals surface area contributed by atoms with Crippen LogP contribution in [0.25, 0.3) is 11.0 Å². The number of nitrogens with zero attached hydrogens (tertiary/aromatic N) is 2. The summed E-state index contributed by atoms with van der Waals surface area (Å²) in [5, 5.41) is 1.19. The predicted molar refractivity (Wildman–Crippen MR) is 128 cm³/mol. The van der Waals surface area contributed by atoms with Gasteiger partial charge in [0.05, 0.1) is 16.7 Å². The predicted octanol–water partition coefficient (Wildman–Crippen LogP) is 4.75. The van der Waals surface area contributed by atoms with Crippen LogP contribution in [0.1, 0.15) is 22.3 Å². The molecule has 0 aliphatic carbocycles. The molecule has 4 aromatic rings. The number of halogens is 2. The second-order valence-electron chi connectivity index (χ2n) is 7.95. The smallest absolute Gasteiger partial charge is 0.306 e. The van der Waals surface area contributed by atoms with Gasteiger partial charge in [-0.25, -0.2) is 4.79 Å². The molecule has 5 nitrogen and oxygen atoms in total. The Morgan fingerprint density at radius 2 is 1.88 bits per heavy atom. The number of fused-ring (bicyclic) bond motifs is 2.